The maximum Gasteiger partial charge on any atom is 0.0122 e. The standard InChI is InChI=1S/C22H16S/c1-12-6-8-16-17-9-7-13(2)20-19(23)11-10-18(22(17)20)15-5-3-4-14(12)21(15)16/h3-11,23H,1-2H3. The zero-order valence-corrected chi connectivity index (χ0v) is 14.0. The number of benzene rings is 5. The summed E-state index contributed by atoms with van der Waals surface area (Å²) >= 11 is 4.72. The molecule has 0 bridgehead atoms. The summed E-state index contributed by atoms with van der Waals surface area (Å²) < 4.78 is 0. The van der Waals surface area contributed by atoms with Crippen LogP contribution in [0.2, 0.25) is 0 Å². The lowest BCUT2D eigenvalue weighted by atomic mass is 9.87. The Morgan fingerprint density at radius 2 is 1.09 bits per heavy atom. The van der Waals surface area contributed by atoms with Gasteiger partial charge in [-0.15, -0.1) is 12.6 Å². The minimum atomic E-state index is 1.06. The highest BCUT2D eigenvalue weighted by Gasteiger charge is 2.15. The number of fused-ring (bicyclic) bond motifs is 2. The zero-order valence-electron chi connectivity index (χ0n) is 13.1. The number of hydrogen-bond acceptors (Lipinski definition) is 1. The van der Waals surface area contributed by atoms with Crippen LogP contribution in [-0.4, -0.2) is 0 Å². The van der Waals surface area contributed by atoms with Gasteiger partial charge in [0, 0.05) is 4.90 Å². The van der Waals surface area contributed by atoms with Crippen molar-refractivity contribution in [2.45, 2.75) is 18.7 Å². The van der Waals surface area contributed by atoms with E-state index >= 15 is 0 Å². The first-order chi connectivity index (χ1) is 11.2. The summed E-state index contributed by atoms with van der Waals surface area (Å²) in [7, 11) is 0. The number of hydrogen-bond donors (Lipinski definition) is 1. The highest BCUT2D eigenvalue weighted by molar-refractivity contribution is 7.80. The van der Waals surface area contributed by atoms with Crippen LogP contribution < -0.4 is 0 Å². The lowest BCUT2D eigenvalue weighted by molar-refractivity contribution is 1.48. The third-order valence-electron chi connectivity index (χ3n) is 5.19. The van der Waals surface area contributed by atoms with Crippen LogP contribution in [0.4, 0.5) is 0 Å². The monoisotopic (exact) mass is 312 g/mol. The van der Waals surface area contributed by atoms with Gasteiger partial charge in [-0.2, -0.15) is 0 Å². The molecule has 0 saturated heterocycles. The normalized spacial score (nSPS) is 12.1. The summed E-state index contributed by atoms with van der Waals surface area (Å²) in [5.41, 5.74) is 2.63. The van der Waals surface area contributed by atoms with Crippen molar-refractivity contribution in [1.82, 2.24) is 0 Å². The van der Waals surface area contributed by atoms with Gasteiger partial charge in [-0.05, 0) is 74.1 Å². The second-order valence-corrected chi connectivity index (χ2v) is 6.95. The van der Waals surface area contributed by atoms with Crippen molar-refractivity contribution in [3.05, 3.63) is 65.7 Å². The molecule has 0 aliphatic carbocycles. The van der Waals surface area contributed by atoms with Crippen LogP contribution in [0.5, 0.6) is 0 Å². The molecule has 0 heterocycles. The first kappa shape index (κ1) is 13.2. The molecule has 110 valence electrons. The lowest BCUT2D eigenvalue weighted by Gasteiger charge is -2.17. The fourth-order valence-corrected chi connectivity index (χ4v) is 4.46. The van der Waals surface area contributed by atoms with Crippen molar-refractivity contribution in [3.8, 4) is 0 Å². The second-order valence-electron chi connectivity index (χ2n) is 6.47. The van der Waals surface area contributed by atoms with Gasteiger partial charge in [0.15, 0.2) is 0 Å². The van der Waals surface area contributed by atoms with Gasteiger partial charge in [-0.25, -0.2) is 0 Å². The van der Waals surface area contributed by atoms with Crippen LogP contribution in [0.1, 0.15) is 11.1 Å². The van der Waals surface area contributed by atoms with E-state index in [-0.39, 0.29) is 0 Å². The van der Waals surface area contributed by atoms with Crippen molar-refractivity contribution >= 4 is 55.7 Å². The van der Waals surface area contributed by atoms with Crippen LogP contribution in [-0.2, 0) is 0 Å². The Balaban J connectivity index is 2.27. The first-order valence-electron chi connectivity index (χ1n) is 7.95. The number of thiol groups is 1. The van der Waals surface area contributed by atoms with E-state index in [1.54, 1.807) is 0 Å². The Hall–Kier alpha value is -2.25. The Bertz CT molecular complexity index is 1180. The van der Waals surface area contributed by atoms with Gasteiger partial charge in [0.25, 0.3) is 0 Å². The molecule has 0 aliphatic rings. The third-order valence-corrected chi connectivity index (χ3v) is 5.56. The summed E-state index contributed by atoms with van der Waals surface area (Å²) in [6.45, 7) is 4.37. The summed E-state index contributed by atoms with van der Waals surface area (Å²) in [6.07, 6.45) is 0. The van der Waals surface area contributed by atoms with Crippen LogP contribution >= 0.6 is 12.6 Å². The van der Waals surface area contributed by atoms with Crippen molar-refractivity contribution in [1.29, 1.82) is 0 Å². The van der Waals surface area contributed by atoms with Gasteiger partial charge in [0.2, 0.25) is 0 Å². The largest absolute Gasteiger partial charge is 0.143 e. The molecule has 0 saturated carbocycles. The second kappa shape index (κ2) is 4.39. The van der Waals surface area contributed by atoms with Gasteiger partial charge in [-0.1, -0.05) is 48.5 Å². The van der Waals surface area contributed by atoms with Gasteiger partial charge in [-0.3, -0.25) is 0 Å². The molecule has 0 aromatic heterocycles. The van der Waals surface area contributed by atoms with E-state index in [4.69, 9.17) is 12.6 Å². The molecule has 5 aromatic rings. The topological polar surface area (TPSA) is 0 Å². The summed E-state index contributed by atoms with van der Waals surface area (Å²) in [5.74, 6) is 0. The van der Waals surface area contributed by atoms with E-state index < -0.39 is 0 Å². The molecule has 1 heteroatoms. The molecule has 23 heavy (non-hydrogen) atoms. The lowest BCUT2D eigenvalue weighted by Crippen LogP contribution is -1.90. The minimum Gasteiger partial charge on any atom is -0.143 e. The average Bonchev–Trinajstić information content (AvgIpc) is 2.56. The maximum absolute atomic E-state index is 4.72. The first-order valence-corrected chi connectivity index (χ1v) is 8.40. The van der Waals surface area contributed by atoms with Gasteiger partial charge >= 0.3 is 0 Å². The number of aryl methyl sites for hydroxylation is 2. The quantitative estimate of drug-likeness (QED) is 0.185. The van der Waals surface area contributed by atoms with Crippen molar-refractivity contribution in [2.24, 2.45) is 0 Å². The SMILES string of the molecule is Cc1ccc2c3ccc(C)c4c(S)ccc(c5cccc1c25)c43. The van der Waals surface area contributed by atoms with E-state index in [9.17, 15) is 0 Å². The van der Waals surface area contributed by atoms with Crippen LogP contribution in [0.25, 0.3) is 43.1 Å². The Kier molecular flexibility index (Phi) is 2.52. The van der Waals surface area contributed by atoms with Crippen molar-refractivity contribution < 1.29 is 0 Å². The predicted molar refractivity (Wildman–Crippen MR) is 104 cm³/mol. The van der Waals surface area contributed by atoms with E-state index in [0.29, 0.717) is 0 Å². The minimum absolute atomic E-state index is 1.06. The molecule has 0 amide bonds. The summed E-state index contributed by atoms with van der Waals surface area (Å²) in [5, 5.41) is 10.7. The molecule has 5 aromatic carbocycles. The molecule has 0 N–H and O–H groups in total. The summed E-state index contributed by atoms with van der Waals surface area (Å²) in [6, 6.07) is 20.0. The highest BCUT2D eigenvalue weighted by Crippen LogP contribution is 2.43. The summed E-state index contributed by atoms with van der Waals surface area (Å²) in [4.78, 5) is 1.06. The average molecular weight is 312 g/mol. The van der Waals surface area contributed by atoms with E-state index in [1.165, 1.54) is 54.2 Å². The fraction of sp³-hybridized carbons (Fsp3) is 0.0909. The molecular formula is C22H16S. The number of rotatable bonds is 0. The molecular weight excluding hydrogens is 296 g/mol. The molecule has 0 unspecified atom stereocenters. The molecule has 0 aliphatic heterocycles. The maximum atomic E-state index is 4.72. The zero-order chi connectivity index (χ0) is 15.7. The third kappa shape index (κ3) is 1.58. The van der Waals surface area contributed by atoms with Crippen molar-refractivity contribution in [2.75, 3.05) is 0 Å². The van der Waals surface area contributed by atoms with E-state index in [1.807, 2.05) is 0 Å². The molecule has 0 radical (unpaired) electrons. The molecule has 0 fully saturated rings. The van der Waals surface area contributed by atoms with Gasteiger partial charge < -0.3 is 0 Å². The highest BCUT2D eigenvalue weighted by atomic mass is 32.1. The van der Waals surface area contributed by atoms with Crippen molar-refractivity contribution in [3.63, 3.8) is 0 Å². The van der Waals surface area contributed by atoms with Crippen LogP contribution in [0, 0.1) is 13.8 Å². The Morgan fingerprint density at radius 1 is 0.522 bits per heavy atom. The van der Waals surface area contributed by atoms with Gasteiger partial charge in [0.1, 0.15) is 0 Å². The Morgan fingerprint density at radius 3 is 1.87 bits per heavy atom. The Labute approximate surface area is 140 Å². The van der Waals surface area contributed by atoms with E-state index in [2.05, 4.69) is 68.4 Å². The molecule has 0 atom stereocenters. The van der Waals surface area contributed by atoms with Crippen LogP contribution in [0.15, 0.2) is 59.5 Å². The van der Waals surface area contributed by atoms with Gasteiger partial charge in [0.05, 0.1) is 0 Å². The molecule has 0 nitrogen and oxygen atoms in total. The predicted octanol–water partition coefficient (Wildman–Crippen LogP) is 6.64. The fourth-order valence-electron chi connectivity index (χ4n) is 4.10. The van der Waals surface area contributed by atoms with Crippen LogP contribution in [0.3, 0.4) is 0 Å². The smallest absolute Gasteiger partial charge is 0.0122 e. The molecule has 0 spiro atoms. The molecule has 5 rings (SSSR count). The van der Waals surface area contributed by atoms with E-state index in [0.717, 1.165) is 4.90 Å².